The summed E-state index contributed by atoms with van der Waals surface area (Å²) in [5.74, 6) is -0.362. The summed E-state index contributed by atoms with van der Waals surface area (Å²) in [6, 6.07) is 17.3. The number of amides is 1. The molecule has 3 aromatic rings. The Morgan fingerprint density at radius 2 is 1.79 bits per heavy atom. The Balaban J connectivity index is 0.00000361. The van der Waals surface area contributed by atoms with E-state index in [9.17, 15) is 14.7 Å². The predicted molar refractivity (Wildman–Crippen MR) is 122 cm³/mol. The number of furan rings is 1. The molecule has 0 bridgehead atoms. The molecule has 172 valence electrons. The van der Waals surface area contributed by atoms with E-state index in [-0.39, 0.29) is 47.9 Å². The molecule has 7 heteroatoms. The zero-order chi connectivity index (χ0) is 24.8. The minimum atomic E-state index is -2.08. The van der Waals surface area contributed by atoms with Gasteiger partial charge in [0.05, 0.1) is 15.6 Å². The van der Waals surface area contributed by atoms with Crippen molar-refractivity contribution in [1.29, 1.82) is 0 Å². The first-order chi connectivity index (χ1) is 16.9. The minimum absolute atomic E-state index is 0. The number of carbonyl (C=O) groups is 2. The van der Waals surface area contributed by atoms with Crippen LogP contribution in [-0.4, -0.2) is 29.4 Å². The number of ether oxygens (including phenoxy) is 1. The molecule has 0 saturated heterocycles. The molecule has 1 aliphatic rings. The maximum atomic E-state index is 13.5. The van der Waals surface area contributed by atoms with Crippen molar-refractivity contribution in [2.45, 2.75) is 51.1 Å². The number of aliphatic carboxylic acids is 1. The Bertz CT molecular complexity index is 1150. The number of hydrogen-bond acceptors (Lipinski definition) is 5. The number of carboxylic acids is 1. The number of unbranched alkanes of at least 4 members (excludes halogenated alkanes) is 2. The Kier molecular flexibility index (Phi) is 8.73. The average molecular weight is 472 g/mol. The first kappa shape index (κ1) is 23.2. The number of hydrogen-bond donors (Lipinski definition) is 0. The second-order valence-electron chi connectivity index (χ2n) is 8.10. The fraction of sp³-hybridized carbons (Fsp3) is 0.333. The van der Waals surface area contributed by atoms with Crippen LogP contribution in [-0.2, 0) is 11.3 Å². The SMILES string of the molecule is [2H]C([2H])(c1ccccc1OCCCCCC(=O)[O-])N(C(=O)c1ccc(-c2ccco2)cc1)C1CC1.[Na+]. The molecule has 1 fully saturated rings. The summed E-state index contributed by atoms with van der Waals surface area (Å²) in [7, 11) is 0. The minimum Gasteiger partial charge on any atom is -0.550 e. The Hall–Kier alpha value is -2.54. The molecule has 0 N–H and O–H groups in total. The number of benzene rings is 2. The normalized spacial score (nSPS) is 13.9. The largest absolute Gasteiger partial charge is 1.00 e. The van der Waals surface area contributed by atoms with Crippen LogP contribution < -0.4 is 39.4 Å². The van der Waals surface area contributed by atoms with E-state index in [1.807, 2.05) is 6.07 Å². The van der Waals surface area contributed by atoms with Gasteiger partial charge in [-0.05, 0) is 68.9 Å². The van der Waals surface area contributed by atoms with Gasteiger partial charge in [-0.15, -0.1) is 0 Å². The zero-order valence-electron chi connectivity index (χ0n) is 21.4. The Morgan fingerprint density at radius 1 is 1.03 bits per heavy atom. The molecule has 1 heterocycles. The molecule has 34 heavy (non-hydrogen) atoms. The molecule has 0 spiro atoms. The van der Waals surface area contributed by atoms with Crippen molar-refractivity contribution in [2.75, 3.05) is 6.61 Å². The fourth-order valence-electron chi connectivity index (χ4n) is 3.54. The third-order valence-electron chi connectivity index (χ3n) is 5.48. The Morgan fingerprint density at radius 3 is 2.47 bits per heavy atom. The molecule has 0 radical (unpaired) electrons. The zero-order valence-corrected chi connectivity index (χ0v) is 21.4. The molecule has 0 atom stereocenters. The second-order valence-corrected chi connectivity index (χ2v) is 8.10. The molecular formula is C27H28NNaO5. The van der Waals surface area contributed by atoms with Gasteiger partial charge in [-0.2, -0.15) is 0 Å². The number of nitrogens with zero attached hydrogens (tertiary/aromatic N) is 1. The van der Waals surface area contributed by atoms with Crippen molar-refractivity contribution < 1.29 is 56.1 Å². The molecule has 0 unspecified atom stereocenters. The van der Waals surface area contributed by atoms with Crippen molar-refractivity contribution in [3.8, 4) is 17.1 Å². The van der Waals surface area contributed by atoms with Crippen molar-refractivity contribution in [1.82, 2.24) is 4.90 Å². The summed E-state index contributed by atoms with van der Waals surface area (Å²) in [6.07, 6.45) is 4.91. The monoisotopic (exact) mass is 471 g/mol. The predicted octanol–water partition coefficient (Wildman–Crippen LogP) is 1.44. The smallest absolute Gasteiger partial charge is 0.550 e. The Labute approximate surface area is 225 Å². The van der Waals surface area contributed by atoms with E-state index in [4.69, 9.17) is 11.9 Å². The van der Waals surface area contributed by atoms with Gasteiger partial charge < -0.3 is 24.0 Å². The van der Waals surface area contributed by atoms with E-state index in [2.05, 4.69) is 0 Å². The third-order valence-corrected chi connectivity index (χ3v) is 5.48. The number of para-hydroxylation sites is 1. The molecule has 2 aromatic carbocycles. The molecule has 1 saturated carbocycles. The van der Waals surface area contributed by atoms with E-state index in [0.717, 1.165) is 18.4 Å². The standard InChI is InChI=1S/C27H29NO5.Na/c29-26(30)10-2-1-5-17-32-25-8-4-3-7-22(25)19-28(23-15-16-23)27(31)21-13-11-20(12-14-21)24-9-6-18-33-24;/h3-4,6-9,11-14,18,23H,1-2,5,10,15-17,19H2,(H,29,30);/q;+1/p-1/i19D2;. The number of carbonyl (C=O) groups excluding carboxylic acids is 2. The average Bonchev–Trinajstić information content (AvgIpc) is 3.51. The van der Waals surface area contributed by atoms with Gasteiger partial charge in [0.1, 0.15) is 11.5 Å². The van der Waals surface area contributed by atoms with Gasteiger partial charge in [0.2, 0.25) is 0 Å². The summed E-state index contributed by atoms with van der Waals surface area (Å²) in [4.78, 5) is 25.4. The first-order valence-corrected chi connectivity index (χ1v) is 11.3. The quantitative estimate of drug-likeness (QED) is 0.295. The van der Waals surface area contributed by atoms with Crippen molar-refractivity contribution in [3.63, 3.8) is 0 Å². The number of rotatable bonds is 12. The van der Waals surface area contributed by atoms with Crippen molar-refractivity contribution in [3.05, 3.63) is 78.1 Å². The first-order valence-electron chi connectivity index (χ1n) is 12.3. The van der Waals surface area contributed by atoms with Crippen LogP contribution in [0, 0.1) is 0 Å². The van der Waals surface area contributed by atoms with Gasteiger partial charge in [-0.3, -0.25) is 4.79 Å². The summed E-state index contributed by atoms with van der Waals surface area (Å²) in [5, 5.41) is 10.5. The van der Waals surface area contributed by atoms with Crippen LogP contribution in [0.15, 0.2) is 71.3 Å². The molecule has 1 amide bonds. The number of carboxylic acid groups (broad SMARTS) is 1. The van der Waals surface area contributed by atoms with E-state index >= 15 is 0 Å². The van der Waals surface area contributed by atoms with Crippen LogP contribution in [0.5, 0.6) is 5.75 Å². The van der Waals surface area contributed by atoms with Crippen LogP contribution in [0.2, 0.25) is 0 Å². The molecule has 1 aliphatic carbocycles. The van der Waals surface area contributed by atoms with Crippen LogP contribution in [0.1, 0.15) is 57.2 Å². The maximum Gasteiger partial charge on any atom is 1.00 e. The topological polar surface area (TPSA) is 82.8 Å². The molecule has 1 aromatic heterocycles. The molecule has 4 rings (SSSR count). The van der Waals surface area contributed by atoms with Crippen molar-refractivity contribution >= 4 is 11.9 Å². The van der Waals surface area contributed by atoms with E-state index in [1.165, 1.54) is 4.90 Å². The van der Waals surface area contributed by atoms with Crippen LogP contribution in [0.25, 0.3) is 11.3 Å². The van der Waals surface area contributed by atoms with E-state index < -0.39 is 12.5 Å². The van der Waals surface area contributed by atoms with Crippen LogP contribution in [0.3, 0.4) is 0 Å². The third kappa shape index (κ3) is 7.23. The van der Waals surface area contributed by atoms with E-state index in [1.54, 1.807) is 60.9 Å². The van der Waals surface area contributed by atoms with Gasteiger partial charge in [0, 0.05) is 35.2 Å². The van der Waals surface area contributed by atoms with E-state index in [0.29, 0.717) is 48.5 Å². The molecule has 0 aliphatic heterocycles. The van der Waals surface area contributed by atoms with Gasteiger partial charge in [0.15, 0.2) is 0 Å². The van der Waals surface area contributed by atoms with Gasteiger partial charge in [-0.1, -0.05) is 30.3 Å². The maximum absolute atomic E-state index is 13.5. The summed E-state index contributed by atoms with van der Waals surface area (Å²) >= 11 is 0. The summed E-state index contributed by atoms with van der Waals surface area (Å²) < 4.78 is 29.2. The van der Waals surface area contributed by atoms with Crippen molar-refractivity contribution in [2.24, 2.45) is 0 Å². The van der Waals surface area contributed by atoms with Crippen LogP contribution >= 0.6 is 0 Å². The van der Waals surface area contributed by atoms with Gasteiger partial charge in [0.25, 0.3) is 5.91 Å². The fourth-order valence-corrected chi connectivity index (χ4v) is 3.54. The van der Waals surface area contributed by atoms with Gasteiger partial charge >= 0.3 is 29.6 Å². The summed E-state index contributed by atoms with van der Waals surface area (Å²) in [6.45, 7) is -1.75. The second kappa shape index (κ2) is 12.8. The van der Waals surface area contributed by atoms with Gasteiger partial charge in [-0.25, -0.2) is 0 Å². The summed E-state index contributed by atoms with van der Waals surface area (Å²) in [5.41, 5.74) is 1.54. The molecule has 6 nitrogen and oxygen atoms in total. The molecular weight excluding hydrogens is 441 g/mol. The van der Waals surface area contributed by atoms with Crippen LogP contribution in [0.4, 0.5) is 0 Å².